The van der Waals surface area contributed by atoms with E-state index in [0.29, 0.717) is 5.56 Å². The molecule has 0 N–H and O–H groups in total. The number of aryl methyl sites for hydroxylation is 2. The molecule has 21 heavy (non-hydrogen) atoms. The van der Waals surface area contributed by atoms with E-state index in [4.69, 9.17) is 0 Å². The summed E-state index contributed by atoms with van der Waals surface area (Å²) < 4.78 is 0. The second kappa shape index (κ2) is 5.89. The Hall–Kier alpha value is -1.82. The Bertz CT molecular complexity index is 655. The average molecular weight is 302 g/mol. The van der Waals surface area contributed by atoms with Gasteiger partial charge in [-0.3, -0.25) is 4.79 Å². The lowest BCUT2D eigenvalue weighted by Crippen LogP contribution is -2.39. The zero-order valence-corrected chi connectivity index (χ0v) is 13.1. The van der Waals surface area contributed by atoms with Gasteiger partial charge in [0.1, 0.15) is 11.3 Å². The SMILES string of the molecule is Cc1csc([C@H]2CCCCN2C(=O)c2cncnc2C)n1. The summed E-state index contributed by atoms with van der Waals surface area (Å²) in [6, 6.07) is 0.0876. The fraction of sp³-hybridized carbons (Fsp3) is 0.467. The zero-order chi connectivity index (χ0) is 14.8. The van der Waals surface area contributed by atoms with Crippen LogP contribution in [0.15, 0.2) is 17.9 Å². The molecule has 0 aromatic carbocycles. The number of hydrogen-bond donors (Lipinski definition) is 0. The third-order valence-corrected chi connectivity index (χ3v) is 4.89. The van der Waals surface area contributed by atoms with Crippen molar-refractivity contribution in [2.45, 2.75) is 39.2 Å². The van der Waals surface area contributed by atoms with Gasteiger partial charge in [-0.25, -0.2) is 15.0 Å². The molecule has 0 bridgehead atoms. The first-order chi connectivity index (χ1) is 10.2. The topological polar surface area (TPSA) is 59.0 Å². The minimum Gasteiger partial charge on any atom is -0.329 e. The number of likely N-dealkylation sites (tertiary alicyclic amines) is 1. The van der Waals surface area contributed by atoms with Crippen molar-refractivity contribution >= 4 is 17.2 Å². The molecule has 6 heteroatoms. The zero-order valence-electron chi connectivity index (χ0n) is 12.2. The number of hydrogen-bond acceptors (Lipinski definition) is 5. The summed E-state index contributed by atoms with van der Waals surface area (Å²) in [7, 11) is 0. The van der Waals surface area contributed by atoms with Crippen LogP contribution in [-0.2, 0) is 0 Å². The summed E-state index contributed by atoms with van der Waals surface area (Å²) in [5.74, 6) is 0.0191. The van der Waals surface area contributed by atoms with Gasteiger partial charge in [-0.1, -0.05) is 0 Å². The van der Waals surface area contributed by atoms with Crippen LogP contribution >= 0.6 is 11.3 Å². The van der Waals surface area contributed by atoms with Crippen LogP contribution in [-0.4, -0.2) is 32.3 Å². The van der Waals surface area contributed by atoms with Crippen LogP contribution in [0.3, 0.4) is 0 Å². The van der Waals surface area contributed by atoms with E-state index in [0.717, 1.165) is 42.2 Å². The quantitative estimate of drug-likeness (QED) is 0.856. The van der Waals surface area contributed by atoms with Gasteiger partial charge in [-0.05, 0) is 33.1 Å². The van der Waals surface area contributed by atoms with Gasteiger partial charge in [0.15, 0.2) is 0 Å². The van der Waals surface area contributed by atoms with Crippen LogP contribution in [0.5, 0.6) is 0 Å². The Kier molecular flexibility index (Phi) is 3.96. The summed E-state index contributed by atoms with van der Waals surface area (Å²) in [5.41, 5.74) is 2.35. The predicted octanol–water partition coefficient (Wildman–Crippen LogP) is 2.92. The number of piperidine rings is 1. The van der Waals surface area contributed by atoms with Gasteiger partial charge in [0, 0.05) is 23.8 Å². The van der Waals surface area contributed by atoms with Crippen molar-refractivity contribution in [2.24, 2.45) is 0 Å². The summed E-state index contributed by atoms with van der Waals surface area (Å²) in [6.07, 6.45) is 6.25. The molecule has 110 valence electrons. The number of carbonyl (C=O) groups excluding carboxylic acids is 1. The Morgan fingerprint density at radius 3 is 2.95 bits per heavy atom. The number of carbonyl (C=O) groups is 1. The van der Waals surface area contributed by atoms with E-state index in [2.05, 4.69) is 15.0 Å². The smallest absolute Gasteiger partial charge is 0.257 e. The Morgan fingerprint density at radius 2 is 2.24 bits per heavy atom. The Labute approximate surface area is 128 Å². The van der Waals surface area contributed by atoms with Crippen molar-refractivity contribution in [1.29, 1.82) is 0 Å². The van der Waals surface area contributed by atoms with Gasteiger partial charge < -0.3 is 4.90 Å². The second-order valence-electron chi connectivity index (χ2n) is 5.36. The highest BCUT2D eigenvalue weighted by molar-refractivity contribution is 7.09. The van der Waals surface area contributed by atoms with Crippen molar-refractivity contribution in [2.75, 3.05) is 6.54 Å². The molecule has 0 spiro atoms. The molecule has 1 atom stereocenters. The van der Waals surface area contributed by atoms with Gasteiger partial charge in [-0.2, -0.15) is 0 Å². The lowest BCUT2D eigenvalue weighted by Gasteiger charge is -2.34. The summed E-state index contributed by atoms with van der Waals surface area (Å²) in [5, 5.41) is 3.08. The largest absolute Gasteiger partial charge is 0.329 e. The summed E-state index contributed by atoms with van der Waals surface area (Å²) >= 11 is 1.64. The monoisotopic (exact) mass is 302 g/mol. The van der Waals surface area contributed by atoms with Crippen LogP contribution in [0.1, 0.15) is 52.1 Å². The molecule has 1 aliphatic heterocycles. The fourth-order valence-electron chi connectivity index (χ4n) is 2.71. The van der Waals surface area contributed by atoms with E-state index >= 15 is 0 Å². The first-order valence-corrected chi connectivity index (χ1v) is 8.04. The lowest BCUT2D eigenvalue weighted by molar-refractivity contribution is 0.0609. The van der Waals surface area contributed by atoms with Crippen molar-refractivity contribution in [3.05, 3.63) is 39.9 Å². The number of thiazole rings is 1. The number of amides is 1. The number of nitrogens with zero attached hydrogens (tertiary/aromatic N) is 4. The summed E-state index contributed by atoms with van der Waals surface area (Å²) in [4.78, 5) is 27.5. The van der Waals surface area contributed by atoms with Gasteiger partial charge in [0.2, 0.25) is 0 Å². The number of aromatic nitrogens is 3. The summed E-state index contributed by atoms with van der Waals surface area (Å²) in [6.45, 7) is 4.61. The molecule has 3 heterocycles. The maximum Gasteiger partial charge on any atom is 0.257 e. The first kappa shape index (κ1) is 14.1. The molecule has 0 aliphatic carbocycles. The van der Waals surface area contributed by atoms with Crippen molar-refractivity contribution < 1.29 is 4.79 Å². The highest BCUT2D eigenvalue weighted by Gasteiger charge is 2.31. The van der Waals surface area contributed by atoms with Gasteiger partial charge >= 0.3 is 0 Å². The van der Waals surface area contributed by atoms with Crippen molar-refractivity contribution in [3.63, 3.8) is 0 Å². The standard InChI is InChI=1S/C15H18N4OS/c1-10-8-21-14(18-10)13-5-3-4-6-19(13)15(20)12-7-16-9-17-11(12)2/h7-9,13H,3-6H2,1-2H3/t13-/m1/s1. The van der Waals surface area contributed by atoms with E-state index < -0.39 is 0 Å². The average Bonchev–Trinajstić information content (AvgIpc) is 2.93. The third-order valence-electron chi connectivity index (χ3n) is 3.83. The van der Waals surface area contributed by atoms with Crippen LogP contribution in [0, 0.1) is 13.8 Å². The van der Waals surface area contributed by atoms with Crippen LogP contribution < -0.4 is 0 Å². The Morgan fingerprint density at radius 1 is 1.38 bits per heavy atom. The molecule has 1 amide bonds. The minimum absolute atomic E-state index is 0.0191. The molecule has 2 aromatic rings. The molecule has 1 aliphatic rings. The third kappa shape index (κ3) is 2.81. The molecule has 1 saturated heterocycles. The highest BCUT2D eigenvalue weighted by atomic mass is 32.1. The molecule has 5 nitrogen and oxygen atoms in total. The van der Waals surface area contributed by atoms with E-state index in [1.54, 1.807) is 17.5 Å². The molecule has 2 aromatic heterocycles. The minimum atomic E-state index is 0.0191. The van der Waals surface area contributed by atoms with Gasteiger partial charge in [0.25, 0.3) is 5.91 Å². The van der Waals surface area contributed by atoms with Crippen molar-refractivity contribution in [3.8, 4) is 0 Å². The van der Waals surface area contributed by atoms with Crippen LogP contribution in [0.4, 0.5) is 0 Å². The van der Waals surface area contributed by atoms with E-state index in [1.165, 1.54) is 6.33 Å². The van der Waals surface area contributed by atoms with E-state index in [9.17, 15) is 4.79 Å². The van der Waals surface area contributed by atoms with Crippen LogP contribution in [0.2, 0.25) is 0 Å². The van der Waals surface area contributed by atoms with Gasteiger partial charge in [0.05, 0.1) is 17.3 Å². The lowest BCUT2D eigenvalue weighted by atomic mass is 10.0. The molecular formula is C15H18N4OS. The normalized spacial score (nSPS) is 18.8. The fourth-order valence-corrected chi connectivity index (χ4v) is 3.65. The molecular weight excluding hydrogens is 284 g/mol. The molecule has 0 saturated carbocycles. The van der Waals surface area contributed by atoms with Crippen molar-refractivity contribution in [1.82, 2.24) is 19.9 Å². The van der Waals surface area contributed by atoms with Crippen LogP contribution in [0.25, 0.3) is 0 Å². The first-order valence-electron chi connectivity index (χ1n) is 7.16. The second-order valence-corrected chi connectivity index (χ2v) is 6.25. The maximum atomic E-state index is 12.8. The molecule has 3 rings (SSSR count). The number of rotatable bonds is 2. The van der Waals surface area contributed by atoms with E-state index in [1.807, 2.05) is 24.1 Å². The molecule has 0 unspecified atom stereocenters. The predicted molar refractivity (Wildman–Crippen MR) is 81.2 cm³/mol. The molecule has 0 radical (unpaired) electrons. The highest BCUT2D eigenvalue weighted by Crippen LogP contribution is 2.33. The molecule has 1 fully saturated rings. The maximum absolute atomic E-state index is 12.8. The Balaban J connectivity index is 1.91. The van der Waals surface area contributed by atoms with Gasteiger partial charge in [-0.15, -0.1) is 11.3 Å². The van der Waals surface area contributed by atoms with E-state index in [-0.39, 0.29) is 11.9 Å².